The van der Waals surface area contributed by atoms with Crippen LogP contribution in [0.3, 0.4) is 0 Å². The second kappa shape index (κ2) is 23.1. The number of likely N-dealkylation sites (tertiary alicyclic amines) is 1. The number of esters is 2. The molecule has 62 heavy (non-hydrogen) atoms. The Kier molecular flexibility index (Phi) is 17.4. The quantitative estimate of drug-likeness (QED) is 0.0757. The number of rotatable bonds is 19. The standard InChI is InChI=1S/C49H60N4O9/c1-5-52(44(55)25-14-20-35-26-28-53(29-27-35)48(59)62-49(2,3)4)32-43(54)50-41(31-45(56)60-33-36-16-8-6-9-17-36)46(57)51-42(47(58)61-34-37-18-10-7-11-19-37)30-39-23-15-22-38-21-12-13-24-40(38)39/h6-13,15-19,21-24,35,41-42H,5,14,20,25-34H2,1-4H3,(H,50,54)(H,51,57)/t41-,42-/m0/s1. The Morgan fingerprint density at radius 1 is 0.758 bits per heavy atom. The van der Waals surface area contributed by atoms with E-state index in [1.807, 2.05) is 112 Å². The number of hydrogen-bond acceptors (Lipinski definition) is 9. The summed E-state index contributed by atoms with van der Waals surface area (Å²) in [5.74, 6) is -2.73. The Morgan fingerprint density at radius 3 is 2.02 bits per heavy atom. The zero-order valence-electron chi connectivity index (χ0n) is 36.3. The second-order valence-corrected chi connectivity index (χ2v) is 16.7. The molecule has 0 bridgehead atoms. The van der Waals surface area contributed by atoms with Gasteiger partial charge in [0.1, 0.15) is 30.9 Å². The molecular formula is C49H60N4O9. The van der Waals surface area contributed by atoms with Gasteiger partial charge in [0.15, 0.2) is 0 Å². The van der Waals surface area contributed by atoms with E-state index in [9.17, 15) is 28.8 Å². The lowest BCUT2D eigenvalue weighted by Crippen LogP contribution is -2.54. The van der Waals surface area contributed by atoms with Crippen LogP contribution in [0, 0.1) is 5.92 Å². The van der Waals surface area contributed by atoms with E-state index < -0.39 is 47.9 Å². The molecule has 4 amide bonds. The molecule has 1 heterocycles. The molecule has 0 spiro atoms. The number of carbonyl (C=O) groups excluding carboxylic acids is 6. The first kappa shape index (κ1) is 46.8. The first-order chi connectivity index (χ1) is 29.8. The third kappa shape index (κ3) is 15.0. The molecule has 2 N–H and O–H groups in total. The van der Waals surface area contributed by atoms with Crippen LogP contribution in [-0.2, 0) is 57.8 Å². The minimum absolute atomic E-state index is 0.0260. The van der Waals surface area contributed by atoms with E-state index in [0.717, 1.165) is 46.7 Å². The molecule has 4 aromatic carbocycles. The van der Waals surface area contributed by atoms with Gasteiger partial charge in [0.25, 0.3) is 0 Å². The van der Waals surface area contributed by atoms with E-state index in [4.69, 9.17) is 14.2 Å². The molecule has 1 saturated heterocycles. The van der Waals surface area contributed by atoms with Gasteiger partial charge in [0, 0.05) is 32.5 Å². The van der Waals surface area contributed by atoms with E-state index in [0.29, 0.717) is 25.4 Å². The van der Waals surface area contributed by atoms with Gasteiger partial charge in [-0.15, -0.1) is 0 Å². The van der Waals surface area contributed by atoms with E-state index in [-0.39, 0.29) is 51.1 Å². The van der Waals surface area contributed by atoms with Crippen LogP contribution in [0.4, 0.5) is 4.79 Å². The summed E-state index contributed by atoms with van der Waals surface area (Å²) >= 11 is 0. The van der Waals surface area contributed by atoms with Crippen LogP contribution in [0.15, 0.2) is 103 Å². The smallest absolute Gasteiger partial charge is 0.410 e. The van der Waals surface area contributed by atoms with Gasteiger partial charge < -0.3 is 34.6 Å². The minimum Gasteiger partial charge on any atom is -0.461 e. The lowest BCUT2D eigenvalue weighted by atomic mass is 9.91. The highest BCUT2D eigenvalue weighted by Crippen LogP contribution is 2.25. The van der Waals surface area contributed by atoms with Crippen LogP contribution < -0.4 is 10.6 Å². The molecule has 5 rings (SSSR count). The number of amides is 4. The Bertz CT molecular complexity index is 2110. The van der Waals surface area contributed by atoms with Crippen molar-refractivity contribution in [1.82, 2.24) is 20.4 Å². The number of ether oxygens (including phenoxy) is 3. The number of carbonyl (C=O) groups is 6. The third-order valence-electron chi connectivity index (χ3n) is 10.7. The van der Waals surface area contributed by atoms with Crippen molar-refractivity contribution in [2.75, 3.05) is 26.2 Å². The predicted octanol–water partition coefficient (Wildman–Crippen LogP) is 6.89. The normalized spacial score (nSPS) is 14.0. The summed E-state index contributed by atoms with van der Waals surface area (Å²) in [4.78, 5) is 83.8. The maximum atomic E-state index is 14.2. The van der Waals surface area contributed by atoms with Crippen molar-refractivity contribution in [3.05, 3.63) is 120 Å². The van der Waals surface area contributed by atoms with Crippen molar-refractivity contribution in [2.24, 2.45) is 5.92 Å². The molecule has 1 aliphatic heterocycles. The van der Waals surface area contributed by atoms with Crippen molar-refractivity contribution < 1.29 is 43.0 Å². The lowest BCUT2D eigenvalue weighted by molar-refractivity contribution is -0.150. The first-order valence-corrected chi connectivity index (χ1v) is 21.5. The van der Waals surface area contributed by atoms with Gasteiger partial charge in [-0.2, -0.15) is 0 Å². The highest BCUT2D eigenvalue weighted by atomic mass is 16.6. The van der Waals surface area contributed by atoms with E-state index in [1.165, 1.54) is 4.90 Å². The summed E-state index contributed by atoms with van der Waals surface area (Å²) in [7, 11) is 0. The van der Waals surface area contributed by atoms with Gasteiger partial charge in [0.05, 0.1) is 13.0 Å². The summed E-state index contributed by atoms with van der Waals surface area (Å²) in [6.07, 6.45) is 2.51. The topological polar surface area (TPSA) is 161 Å². The summed E-state index contributed by atoms with van der Waals surface area (Å²) in [6.45, 7) is 8.33. The predicted molar refractivity (Wildman–Crippen MR) is 235 cm³/mol. The molecule has 13 nitrogen and oxygen atoms in total. The van der Waals surface area contributed by atoms with Gasteiger partial charge in [-0.05, 0) is 86.8 Å². The van der Waals surface area contributed by atoms with Gasteiger partial charge in [-0.1, -0.05) is 103 Å². The number of nitrogens with one attached hydrogen (secondary N) is 2. The summed E-state index contributed by atoms with van der Waals surface area (Å²) in [5, 5.41) is 7.28. The van der Waals surface area contributed by atoms with E-state index in [1.54, 1.807) is 24.0 Å². The number of fused-ring (bicyclic) bond motifs is 1. The average molecular weight is 849 g/mol. The molecule has 0 saturated carbocycles. The number of nitrogens with zero attached hydrogens (tertiary/aromatic N) is 2. The fraction of sp³-hybridized carbons (Fsp3) is 0.429. The average Bonchev–Trinajstić information content (AvgIpc) is 3.26. The number of benzene rings is 4. The molecule has 0 radical (unpaired) electrons. The maximum absolute atomic E-state index is 14.2. The summed E-state index contributed by atoms with van der Waals surface area (Å²) < 4.78 is 16.7. The Morgan fingerprint density at radius 2 is 1.37 bits per heavy atom. The fourth-order valence-electron chi connectivity index (χ4n) is 7.38. The Hall–Kier alpha value is -6.24. The molecular weight excluding hydrogens is 789 g/mol. The minimum atomic E-state index is -1.44. The van der Waals surface area contributed by atoms with Crippen molar-refractivity contribution in [1.29, 1.82) is 0 Å². The lowest BCUT2D eigenvalue weighted by Gasteiger charge is -2.33. The monoisotopic (exact) mass is 848 g/mol. The van der Waals surface area contributed by atoms with Crippen LogP contribution in [0.5, 0.6) is 0 Å². The van der Waals surface area contributed by atoms with E-state index >= 15 is 0 Å². The van der Waals surface area contributed by atoms with Crippen LogP contribution in [0.25, 0.3) is 10.8 Å². The number of likely N-dealkylation sites (N-methyl/N-ethyl adjacent to an activating group) is 1. The highest BCUT2D eigenvalue weighted by Gasteiger charge is 2.32. The molecule has 1 aliphatic rings. The third-order valence-corrected chi connectivity index (χ3v) is 10.7. The largest absolute Gasteiger partial charge is 0.461 e. The Labute approximate surface area is 364 Å². The van der Waals surface area contributed by atoms with Crippen molar-refractivity contribution in [3.63, 3.8) is 0 Å². The molecule has 1 fully saturated rings. The Balaban J connectivity index is 1.23. The molecule has 4 aromatic rings. The van der Waals surface area contributed by atoms with Crippen molar-refractivity contribution >= 4 is 46.5 Å². The van der Waals surface area contributed by atoms with Gasteiger partial charge in [-0.25, -0.2) is 9.59 Å². The summed E-state index contributed by atoms with van der Waals surface area (Å²) in [6, 6.07) is 29.0. The number of piperidine rings is 1. The van der Waals surface area contributed by atoms with Crippen molar-refractivity contribution in [2.45, 2.75) is 104 Å². The fourth-order valence-corrected chi connectivity index (χ4v) is 7.38. The van der Waals surface area contributed by atoms with Gasteiger partial charge in [-0.3, -0.25) is 19.2 Å². The second-order valence-electron chi connectivity index (χ2n) is 16.7. The maximum Gasteiger partial charge on any atom is 0.410 e. The highest BCUT2D eigenvalue weighted by molar-refractivity contribution is 5.95. The number of hydrogen-bond donors (Lipinski definition) is 2. The van der Waals surface area contributed by atoms with Crippen LogP contribution in [0.1, 0.15) is 82.9 Å². The molecule has 0 aromatic heterocycles. The molecule has 2 atom stereocenters. The van der Waals surface area contributed by atoms with Crippen LogP contribution in [0.2, 0.25) is 0 Å². The van der Waals surface area contributed by atoms with Crippen LogP contribution >= 0.6 is 0 Å². The van der Waals surface area contributed by atoms with E-state index in [2.05, 4.69) is 10.6 Å². The van der Waals surface area contributed by atoms with Crippen LogP contribution in [-0.4, -0.2) is 89.4 Å². The molecule has 0 aliphatic carbocycles. The van der Waals surface area contributed by atoms with Crippen molar-refractivity contribution in [3.8, 4) is 0 Å². The zero-order valence-corrected chi connectivity index (χ0v) is 36.3. The first-order valence-electron chi connectivity index (χ1n) is 21.5. The van der Waals surface area contributed by atoms with Gasteiger partial charge in [0.2, 0.25) is 17.7 Å². The molecule has 13 heteroatoms. The SMILES string of the molecule is CCN(CC(=O)N[C@@H](CC(=O)OCc1ccccc1)C(=O)N[C@@H](Cc1cccc2ccccc12)C(=O)OCc1ccccc1)C(=O)CCCC1CCN(C(=O)OC(C)(C)C)CC1. The molecule has 330 valence electrons. The zero-order chi connectivity index (χ0) is 44.5. The molecule has 0 unspecified atom stereocenters. The summed E-state index contributed by atoms with van der Waals surface area (Å²) in [5.41, 5.74) is 1.73. The van der Waals surface area contributed by atoms with Gasteiger partial charge >= 0.3 is 18.0 Å².